The number of aromatic nitrogens is 2. The average Bonchev–Trinajstić information content (AvgIpc) is 3.36. The van der Waals surface area contributed by atoms with Crippen molar-refractivity contribution in [2.75, 3.05) is 6.79 Å². The molecule has 1 aliphatic heterocycles. The molecule has 0 aliphatic carbocycles. The minimum absolute atomic E-state index is 0.0185. The zero-order valence-corrected chi connectivity index (χ0v) is 15.5. The van der Waals surface area contributed by atoms with Crippen molar-refractivity contribution in [3.8, 4) is 21.9 Å². The second-order valence-electron chi connectivity index (χ2n) is 6.11. The zero-order valence-electron chi connectivity index (χ0n) is 13.9. The molecule has 0 radical (unpaired) electrons. The molecule has 0 amide bonds. The molecule has 0 spiro atoms. The van der Waals surface area contributed by atoms with Gasteiger partial charge in [0.25, 0.3) is 5.56 Å². The van der Waals surface area contributed by atoms with Gasteiger partial charge in [0.1, 0.15) is 4.83 Å². The van der Waals surface area contributed by atoms with Crippen LogP contribution in [0.3, 0.4) is 0 Å². The molecule has 4 heterocycles. The first-order chi connectivity index (χ1) is 12.7. The molecule has 26 heavy (non-hydrogen) atoms. The summed E-state index contributed by atoms with van der Waals surface area (Å²) in [5.41, 5.74) is 1.93. The summed E-state index contributed by atoms with van der Waals surface area (Å²) in [7, 11) is 0. The fourth-order valence-corrected chi connectivity index (χ4v) is 4.94. The lowest BCUT2D eigenvalue weighted by Gasteiger charge is -2.07. The Morgan fingerprint density at radius 2 is 2.08 bits per heavy atom. The molecule has 130 valence electrons. The van der Waals surface area contributed by atoms with E-state index < -0.39 is 0 Å². The quantitative estimate of drug-likeness (QED) is 0.531. The van der Waals surface area contributed by atoms with Crippen LogP contribution in [0.1, 0.15) is 10.4 Å². The highest BCUT2D eigenvalue weighted by atomic mass is 32.1. The van der Waals surface area contributed by atoms with E-state index in [-0.39, 0.29) is 12.4 Å². The third-order valence-corrected chi connectivity index (χ3v) is 6.28. The minimum Gasteiger partial charge on any atom is -0.454 e. The smallest absolute Gasteiger partial charge is 0.263 e. The Balaban J connectivity index is 1.58. The number of hydrogen-bond donors (Lipinski definition) is 0. The highest BCUT2D eigenvalue weighted by Gasteiger charge is 2.16. The fraction of sp³-hybridized carbons (Fsp3) is 0.158. The lowest BCUT2D eigenvalue weighted by atomic mass is 10.2. The predicted molar refractivity (Wildman–Crippen MR) is 104 cm³/mol. The van der Waals surface area contributed by atoms with Crippen molar-refractivity contribution in [1.82, 2.24) is 9.55 Å². The minimum atomic E-state index is -0.0185. The number of nitrogens with zero attached hydrogens (tertiary/aromatic N) is 2. The van der Waals surface area contributed by atoms with E-state index in [0.717, 1.165) is 32.3 Å². The number of rotatable bonds is 3. The molecular formula is C19H14N2O3S2. The number of hydrogen-bond acceptors (Lipinski definition) is 6. The number of fused-ring (bicyclic) bond motifs is 2. The predicted octanol–water partition coefficient (Wildman–Crippen LogP) is 4.27. The number of benzene rings is 1. The van der Waals surface area contributed by atoms with E-state index in [2.05, 4.69) is 24.0 Å². The molecular weight excluding hydrogens is 368 g/mol. The Morgan fingerprint density at radius 3 is 2.92 bits per heavy atom. The normalized spacial score (nSPS) is 12.8. The molecule has 0 fully saturated rings. The van der Waals surface area contributed by atoms with Gasteiger partial charge in [-0.1, -0.05) is 6.07 Å². The number of ether oxygens (including phenoxy) is 2. The molecule has 1 aliphatic rings. The first-order valence-corrected chi connectivity index (χ1v) is 9.80. The standard InChI is InChI=1S/C19H14N2O3S2/c1-11-2-5-16(26-11)13-8-25-18-17(13)19(22)21(9-20-18)7-12-3-4-14-15(6-12)24-10-23-14/h2-6,8-9H,7,10H2,1H3. The Bertz CT molecular complexity index is 1190. The average molecular weight is 382 g/mol. The van der Waals surface area contributed by atoms with E-state index in [0.29, 0.717) is 11.9 Å². The van der Waals surface area contributed by atoms with Gasteiger partial charge in [0, 0.05) is 20.7 Å². The highest BCUT2D eigenvalue weighted by molar-refractivity contribution is 7.19. The molecule has 0 bridgehead atoms. The summed E-state index contributed by atoms with van der Waals surface area (Å²) in [6.07, 6.45) is 1.62. The lowest BCUT2D eigenvalue weighted by Crippen LogP contribution is -2.20. The largest absolute Gasteiger partial charge is 0.454 e. The highest BCUT2D eigenvalue weighted by Crippen LogP contribution is 2.35. The lowest BCUT2D eigenvalue weighted by molar-refractivity contribution is 0.174. The van der Waals surface area contributed by atoms with Gasteiger partial charge in [-0.15, -0.1) is 22.7 Å². The molecule has 5 rings (SSSR count). The van der Waals surface area contributed by atoms with Crippen molar-refractivity contribution in [1.29, 1.82) is 0 Å². The van der Waals surface area contributed by atoms with Crippen LogP contribution >= 0.6 is 22.7 Å². The van der Waals surface area contributed by atoms with E-state index in [1.165, 1.54) is 16.2 Å². The van der Waals surface area contributed by atoms with Crippen molar-refractivity contribution in [3.05, 3.63) is 62.8 Å². The van der Waals surface area contributed by atoms with Crippen LogP contribution in [0.4, 0.5) is 0 Å². The summed E-state index contributed by atoms with van der Waals surface area (Å²) < 4.78 is 12.4. The maximum atomic E-state index is 13.1. The van der Waals surface area contributed by atoms with Crippen LogP contribution in [0, 0.1) is 6.92 Å². The summed E-state index contributed by atoms with van der Waals surface area (Å²) in [6, 6.07) is 9.87. The summed E-state index contributed by atoms with van der Waals surface area (Å²) in [5.74, 6) is 1.46. The van der Waals surface area contributed by atoms with Crippen LogP contribution < -0.4 is 15.0 Å². The first-order valence-electron chi connectivity index (χ1n) is 8.11. The van der Waals surface area contributed by atoms with Crippen molar-refractivity contribution in [3.63, 3.8) is 0 Å². The molecule has 0 atom stereocenters. The van der Waals surface area contributed by atoms with Crippen molar-refractivity contribution in [2.45, 2.75) is 13.5 Å². The Hall–Kier alpha value is -2.64. The van der Waals surface area contributed by atoms with Crippen LogP contribution in [0.15, 0.2) is 46.8 Å². The fourth-order valence-electron chi connectivity index (χ4n) is 3.08. The molecule has 1 aromatic carbocycles. The molecule has 0 unspecified atom stereocenters. The summed E-state index contributed by atoms with van der Waals surface area (Å²) in [6.45, 7) is 2.75. The van der Waals surface area contributed by atoms with Gasteiger partial charge in [-0.05, 0) is 36.8 Å². The van der Waals surface area contributed by atoms with E-state index in [1.807, 2.05) is 23.6 Å². The monoisotopic (exact) mass is 382 g/mol. The maximum absolute atomic E-state index is 13.1. The van der Waals surface area contributed by atoms with Gasteiger partial charge in [0.15, 0.2) is 11.5 Å². The molecule has 7 heteroatoms. The molecule has 0 saturated carbocycles. The number of thiophene rings is 2. The van der Waals surface area contributed by atoms with Crippen molar-refractivity contribution < 1.29 is 9.47 Å². The topological polar surface area (TPSA) is 53.4 Å². The van der Waals surface area contributed by atoms with Gasteiger partial charge < -0.3 is 9.47 Å². The van der Waals surface area contributed by atoms with Crippen LogP contribution in [0.2, 0.25) is 0 Å². The van der Waals surface area contributed by atoms with E-state index >= 15 is 0 Å². The van der Waals surface area contributed by atoms with Gasteiger partial charge in [-0.2, -0.15) is 0 Å². The molecule has 3 aromatic heterocycles. The summed E-state index contributed by atoms with van der Waals surface area (Å²) in [5, 5.41) is 2.72. The van der Waals surface area contributed by atoms with E-state index in [9.17, 15) is 4.79 Å². The second-order valence-corrected chi connectivity index (χ2v) is 8.25. The number of aryl methyl sites for hydroxylation is 1. The van der Waals surface area contributed by atoms with E-state index in [4.69, 9.17) is 9.47 Å². The maximum Gasteiger partial charge on any atom is 0.263 e. The third-order valence-electron chi connectivity index (χ3n) is 4.36. The van der Waals surface area contributed by atoms with Gasteiger partial charge in [-0.3, -0.25) is 9.36 Å². The van der Waals surface area contributed by atoms with Crippen LogP contribution in [0.5, 0.6) is 11.5 Å². The van der Waals surface area contributed by atoms with Gasteiger partial charge in [-0.25, -0.2) is 4.98 Å². The summed E-state index contributed by atoms with van der Waals surface area (Å²) in [4.78, 5) is 20.7. The van der Waals surface area contributed by atoms with Crippen LogP contribution in [-0.4, -0.2) is 16.3 Å². The van der Waals surface area contributed by atoms with Gasteiger partial charge in [0.2, 0.25) is 6.79 Å². The zero-order chi connectivity index (χ0) is 17.7. The third kappa shape index (κ3) is 2.51. The van der Waals surface area contributed by atoms with Gasteiger partial charge >= 0.3 is 0 Å². The molecule has 0 N–H and O–H groups in total. The SMILES string of the molecule is Cc1ccc(-c2csc3ncn(Cc4ccc5c(c4)OCO5)c(=O)c23)s1. The Morgan fingerprint density at radius 1 is 1.19 bits per heavy atom. The van der Waals surface area contributed by atoms with Crippen LogP contribution in [0.25, 0.3) is 20.7 Å². The molecule has 4 aromatic rings. The summed E-state index contributed by atoms with van der Waals surface area (Å²) >= 11 is 3.20. The second kappa shape index (κ2) is 5.96. The molecule has 0 saturated heterocycles. The Labute approximate surface area is 157 Å². The Kier molecular flexibility index (Phi) is 3.58. The van der Waals surface area contributed by atoms with Crippen LogP contribution in [-0.2, 0) is 6.54 Å². The van der Waals surface area contributed by atoms with Gasteiger partial charge in [0.05, 0.1) is 18.3 Å². The van der Waals surface area contributed by atoms with Crippen molar-refractivity contribution >= 4 is 32.9 Å². The first kappa shape index (κ1) is 15.6. The van der Waals surface area contributed by atoms with E-state index in [1.54, 1.807) is 22.2 Å². The molecule has 5 nitrogen and oxygen atoms in total. The van der Waals surface area contributed by atoms with Crippen molar-refractivity contribution in [2.24, 2.45) is 0 Å².